The van der Waals surface area contributed by atoms with E-state index in [2.05, 4.69) is 16.4 Å². The summed E-state index contributed by atoms with van der Waals surface area (Å²) in [6.07, 6.45) is 1.62. The van der Waals surface area contributed by atoms with E-state index in [1.807, 2.05) is 18.2 Å². The molecule has 0 aliphatic carbocycles. The smallest absolute Gasteiger partial charge is 0.256 e. The lowest BCUT2D eigenvalue weighted by molar-refractivity contribution is 0.0981. The van der Waals surface area contributed by atoms with Crippen LogP contribution in [0.5, 0.6) is 0 Å². The van der Waals surface area contributed by atoms with E-state index in [0.29, 0.717) is 22.5 Å². The van der Waals surface area contributed by atoms with Crippen LogP contribution in [0.1, 0.15) is 21.6 Å². The highest BCUT2D eigenvalue weighted by atomic mass is 16.1. The standard InChI is InChI=1S/C15H9N3O/c16-9-12(13-7-3-4-8-17-13)14-10-5-1-2-6-11(10)15(19)18-14/h1-8H,(H,18,19)/b14-12-. The molecule has 3 rings (SSSR count). The summed E-state index contributed by atoms with van der Waals surface area (Å²) in [5.74, 6) is -0.186. The van der Waals surface area contributed by atoms with E-state index in [-0.39, 0.29) is 5.91 Å². The molecular formula is C15H9N3O. The van der Waals surface area contributed by atoms with Crippen molar-refractivity contribution in [3.05, 3.63) is 65.5 Å². The van der Waals surface area contributed by atoms with Gasteiger partial charge in [0.1, 0.15) is 11.6 Å². The van der Waals surface area contributed by atoms with Crippen molar-refractivity contribution in [2.24, 2.45) is 0 Å². The summed E-state index contributed by atoms with van der Waals surface area (Å²) < 4.78 is 0. The molecular weight excluding hydrogens is 238 g/mol. The van der Waals surface area contributed by atoms with E-state index in [4.69, 9.17) is 0 Å². The van der Waals surface area contributed by atoms with Gasteiger partial charge in [-0.05, 0) is 18.2 Å². The van der Waals surface area contributed by atoms with Gasteiger partial charge < -0.3 is 5.32 Å². The molecule has 19 heavy (non-hydrogen) atoms. The predicted octanol–water partition coefficient (Wildman–Crippen LogP) is 2.22. The topological polar surface area (TPSA) is 65.8 Å². The van der Waals surface area contributed by atoms with Gasteiger partial charge in [-0.15, -0.1) is 0 Å². The van der Waals surface area contributed by atoms with Gasteiger partial charge >= 0.3 is 0 Å². The molecule has 0 bridgehead atoms. The van der Waals surface area contributed by atoms with Crippen LogP contribution >= 0.6 is 0 Å². The Labute approximate surface area is 110 Å². The fourth-order valence-corrected chi connectivity index (χ4v) is 2.10. The number of allylic oxidation sites excluding steroid dienone is 1. The number of carbonyl (C=O) groups excluding carboxylic acids is 1. The number of amides is 1. The van der Waals surface area contributed by atoms with Crippen LogP contribution < -0.4 is 5.32 Å². The van der Waals surface area contributed by atoms with E-state index < -0.39 is 0 Å². The zero-order valence-electron chi connectivity index (χ0n) is 9.92. The Morgan fingerprint density at radius 2 is 1.84 bits per heavy atom. The van der Waals surface area contributed by atoms with Gasteiger partial charge in [0.05, 0.1) is 11.4 Å². The SMILES string of the molecule is N#C/C(=C1/NC(=O)c2ccccc21)c1ccccn1. The zero-order chi connectivity index (χ0) is 13.2. The van der Waals surface area contributed by atoms with Crippen molar-refractivity contribution in [3.63, 3.8) is 0 Å². The number of aromatic nitrogens is 1. The molecule has 1 aromatic carbocycles. The molecule has 90 valence electrons. The Bertz CT molecular complexity index is 727. The average Bonchev–Trinajstić information content (AvgIpc) is 2.79. The molecule has 2 aromatic rings. The van der Waals surface area contributed by atoms with Crippen LogP contribution in [0.3, 0.4) is 0 Å². The maximum Gasteiger partial charge on any atom is 0.256 e. The Balaban J connectivity index is 2.24. The molecule has 0 fully saturated rings. The molecule has 1 aromatic heterocycles. The zero-order valence-corrected chi connectivity index (χ0v) is 9.92. The van der Waals surface area contributed by atoms with Crippen LogP contribution in [-0.2, 0) is 0 Å². The number of nitriles is 1. The van der Waals surface area contributed by atoms with E-state index in [1.165, 1.54) is 0 Å². The first-order valence-electron chi connectivity index (χ1n) is 5.78. The minimum Gasteiger partial charge on any atom is -0.320 e. The number of carbonyl (C=O) groups is 1. The monoisotopic (exact) mass is 247 g/mol. The Morgan fingerprint density at radius 1 is 1.11 bits per heavy atom. The Kier molecular flexibility index (Phi) is 2.58. The molecule has 1 aliphatic heterocycles. The molecule has 0 spiro atoms. The fraction of sp³-hybridized carbons (Fsp3) is 0. The van der Waals surface area contributed by atoms with Gasteiger partial charge in [0.25, 0.3) is 5.91 Å². The molecule has 1 aliphatic rings. The van der Waals surface area contributed by atoms with Crippen molar-refractivity contribution in [3.8, 4) is 6.07 Å². The van der Waals surface area contributed by atoms with E-state index in [9.17, 15) is 10.1 Å². The van der Waals surface area contributed by atoms with Crippen LogP contribution in [-0.4, -0.2) is 10.9 Å². The van der Waals surface area contributed by atoms with Crippen molar-refractivity contribution < 1.29 is 4.79 Å². The molecule has 1 amide bonds. The minimum absolute atomic E-state index is 0.186. The first kappa shape index (κ1) is 11.2. The fourth-order valence-electron chi connectivity index (χ4n) is 2.10. The molecule has 4 heteroatoms. The summed E-state index contributed by atoms with van der Waals surface area (Å²) in [5.41, 5.74) is 2.79. The third-order valence-electron chi connectivity index (χ3n) is 2.96. The summed E-state index contributed by atoms with van der Waals surface area (Å²) in [6, 6.07) is 14.7. The molecule has 2 heterocycles. The lowest BCUT2D eigenvalue weighted by Gasteiger charge is -2.04. The normalized spacial score (nSPS) is 15.4. The number of pyridine rings is 1. The lowest BCUT2D eigenvalue weighted by Crippen LogP contribution is -2.13. The average molecular weight is 247 g/mol. The van der Waals surface area contributed by atoms with Gasteiger partial charge in [-0.25, -0.2) is 0 Å². The number of hydrogen-bond acceptors (Lipinski definition) is 3. The predicted molar refractivity (Wildman–Crippen MR) is 70.6 cm³/mol. The van der Waals surface area contributed by atoms with Gasteiger partial charge in [-0.2, -0.15) is 5.26 Å². The van der Waals surface area contributed by atoms with Crippen LogP contribution in [0, 0.1) is 11.3 Å². The summed E-state index contributed by atoms with van der Waals surface area (Å²) in [7, 11) is 0. The number of nitrogens with one attached hydrogen (secondary N) is 1. The van der Waals surface area contributed by atoms with Gasteiger partial charge in [0.15, 0.2) is 0 Å². The summed E-state index contributed by atoms with van der Waals surface area (Å²) >= 11 is 0. The highest BCUT2D eigenvalue weighted by molar-refractivity contribution is 6.15. The maximum absolute atomic E-state index is 11.9. The quantitative estimate of drug-likeness (QED) is 0.786. The van der Waals surface area contributed by atoms with Crippen molar-refractivity contribution >= 4 is 17.2 Å². The third kappa shape index (κ3) is 1.78. The third-order valence-corrected chi connectivity index (χ3v) is 2.96. The van der Waals surface area contributed by atoms with Crippen molar-refractivity contribution in [1.29, 1.82) is 5.26 Å². The first-order valence-corrected chi connectivity index (χ1v) is 5.78. The highest BCUT2D eigenvalue weighted by Crippen LogP contribution is 2.29. The summed E-state index contributed by atoms with van der Waals surface area (Å²) in [4.78, 5) is 16.0. The summed E-state index contributed by atoms with van der Waals surface area (Å²) in [5, 5.41) is 12.1. The van der Waals surface area contributed by atoms with Gasteiger partial charge in [-0.1, -0.05) is 24.3 Å². The second-order valence-electron chi connectivity index (χ2n) is 4.08. The summed E-state index contributed by atoms with van der Waals surface area (Å²) in [6.45, 7) is 0. The largest absolute Gasteiger partial charge is 0.320 e. The second kappa shape index (κ2) is 4.39. The van der Waals surface area contributed by atoms with Crippen LogP contribution in [0.2, 0.25) is 0 Å². The van der Waals surface area contributed by atoms with E-state index in [1.54, 1.807) is 30.5 Å². The molecule has 4 nitrogen and oxygen atoms in total. The number of fused-ring (bicyclic) bond motifs is 1. The highest BCUT2D eigenvalue weighted by Gasteiger charge is 2.26. The molecule has 0 radical (unpaired) electrons. The Hall–Kier alpha value is -2.93. The van der Waals surface area contributed by atoms with Gasteiger partial charge in [0.2, 0.25) is 0 Å². The second-order valence-corrected chi connectivity index (χ2v) is 4.08. The Morgan fingerprint density at radius 3 is 2.53 bits per heavy atom. The van der Waals surface area contributed by atoms with Crippen LogP contribution in [0.4, 0.5) is 0 Å². The van der Waals surface area contributed by atoms with Crippen LogP contribution in [0.25, 0.3) is 11.3 Å². The van der Waals surface area contributed by atoms with Crippen molar-refractivity contribution in [2.45, 2.75) is 0 Å². The minimum atomic E-state index is -0.186. The number of nitrogens with zero attached hydrogens (tertiary/aromatic N) is 2. The lowest BCUT2D eigenvalue weighted by atomic mass is 10.0. The van der Waals surface area contributed by atoms with E-state index in [0.717, 1.165) is 5.56 Å². The van der Waals surface area contributed by atoms with E-state index >= 15 is 0 Å². The molecule has 1 N–H and O–H groups in total. The van der Waals surface area contributed by atoms with Crippen LogP contribution in [0.15, 0.2) is 48.7 Å². The number of hydrogen-bond donors (Lipinski definition) is 1. The van der Waals surface area contributed by atoms with Crippen molar-refractivity contribution in [2.75, 3.05) is 0 Å². The molecule has 0 saturated heterocycles. The molecule has 0 unspecified atom stereocenters. The van der Waals surface area contributed by atoms with Gasteiger partial charge in [-0.3, -0.25) is 9.78 Å². The molecule has 0 saturated carbocycles. The van der Waals surface area contributed by atoms with Gasteiger partial charge in [0, 0.05) is 17.3 Å². The number of benzene rings is 1. The molecule has 0 atom stereocenters. The number of rotatable bonds is 1. The van der Waals surface area contributed by atoms with Crippen molar-refractivity contribution in [1.82, 2.24) is 10.3 Å². The maximum atomic E-state index is 11.9. The first-order chi connectivity index (χ1) is 9.31.